The quantitative estimate of drug-likeness (QED) is 0.647. The number of aromatic nitrogens is 2. The molecule has 2 aromatic rings. The van der Waals surface area contributed by atoms with Crippen molar-refractivity contribution in [2.45, 2.75) is 75.0 Å². The van der Waals surface area contributed by atoms with Crippen LogP contribution in [0.2, 0.25) is 0 Å². The van der Waals surface area contributed by atoms with Gasteiger partial charge in [0.15, 0.2) is 11.5 Å². The Morgan fingerprint density at radius 1 is 1.14 bits per heavy atom. The predicted molar refractivity (Wildman–Crippen MR) is 133 cm³/mol. The molecule has 2 saturated carbocycles. The first-order valence-corrected chi connectivity index (χ1v) is 13.8. The van der Waals surface area contributed by atoms with Gasteiger partial charge in [-0.15, -0.1) is 0 Å². The van der Waals surface area contributed by atoms with Crippen molar-refractivity contribution < 1.29 is 14.3 Å². The molecule has 3 aliphatic carbocycles. The molecule has 4 bridgehead atoms. The van der Waals surface area contributed by atoms with Crippen LogP contribution in [0.3, 0.4) is 0 Å². The van der Waals surface area contributed by atoms with Crippen LogP contribution in [-0.2, 0) is 23.1 Å². The Bertz CT molecular complexity index is 1230. The molecule has 7 nitrogen and oxygen atoms in total. The van der Waals surface area contributed by atoms with E-state index in [4.69, 9.17) is 9.47 Å². The van der Waals surface area contributed by atoms with Crippen molar-refractivity contribution in [3.8, 4) is 11.5 Å². The van der Waals surface area contributed by atoms with E-state index in [9.17, 15) is 4.79 Å². The van der Waals surface area contributed by atoms with Gasteiger partial charge >= 0.3 is 0 Å². The molecule has 5 heterocycles. The molecule has 188 valence electrons. The lowest BCUT2D eigenvalue weighted by Crippen LogP contribution is -2.72. The molecule has 1 aromatic carbocycles. The van der Waals surface area contributed by atoms with E-state index >= 15 is 0 Å². The first-order valence-electron chi connectivity index (χ1n) is 13.8. The fourth-order valence-corrected chi connectivity index (χ4v) is 9.15. The summed E-state index contributed by atoms with van der Waals surface area (Å²) in [5.41, 5.74) is 3.89. The van der Waals surface area contributed by atoms with E-state index in [2.05, 4.69) is 31.9 Å². The Kier molecular flexibility index (Phi) is 4.42. The van der Waals surface area contributed by atoms with Crippen LogP contribution in [0.15, 0.2) is 30.9 Å². The molecule has 0 unspecified atom stereocenters. The van der Waals surface area contributed by atoms with Gasteiger partial charge in [-0.3, -0.25) is 9.69 Å². The molecule has 7 heteroatoms. The lowest BCUT2D eigenvalue weighted by molar-refractivity contribution is -0.143. The van der Waals surface area contributed by atoms with E-state index in [1.807, 2.05) is 0 Å². The molecule has 0 N–H and O–H groups in total. The summed E-state index contributed by atoms with van der Waals surface area (Å²) < 4.78 is 12.8. The summed E-state index contributed by atoms with van der Waals surface area (Å²) >= 11 is 0. The van der Waals surface area contributed by atoms with Gasteiger partial charge in [0.25, 0.3) is 0 Å². The van der Waals surface area contributed by atoms with Crippen LogP contribution < -0.4 is 9.47 Å². The first kappa shape index (κ1) is 21.4. The van der Waals surface area contributed by atoms with Crippen LogP contribution >= 0.6 is 0 Å². The third-order valence-corrected chi connectivity index (χ3v) is 10.7. The predicted octanol–water partition coefficient (Wildman–Crippen LogP) is 3.15. The number of amides is 1. The number of methoxy groups -OCH3 is 1. The molecule has 1 amide bonds. The highest BCUT2D eigenvalue weighted by atomic mass is 16.5. The van der Waals surface area contributed by atoms with Crippen molar-refractivity contribution in [3.63, 3.8) is 0 Å². The van der Waals surface area contributed by atoms with Crippen molar-refractivity contribution in [2.24, 2.45) is 11.3 Å². The maximum Gasteiger partial charge on any atom is 0.227 e. The van der Waals surface area contributed by atoms with Gasteiger partial charge in [-0.05, 0) is 74.6 Å². The third kappa shape index (κ3) is 2.65. The number of ether oxygens (including phenoxy) is 2. The fourth-order valence-electron chi connectivity index (χ4n) is 9.15. The summed E-state index contributed by atoms with van der Waals surface area (Å²) in [5, 5.41) is 0. The van der Waals surface area contributed by atoms with Gasteiger partial charge in [0.05, 0.1) is 19.6 Å². The minimum absolute atomic E-state index is 0.000600. The van der Waals surface area contributed by atoms with Crippen LogP contribution in [0.5, 0.6) is 11.5 Å². The molecular formula is C29H34N4O3. The van der Waals surface area contributed by atoms with Crippen LogP contribution in [0.4, 0.5) is 0 Å². The molecule has 3 saturated heterocycles. The molecule has 9 rings (SSSR count). The van der Waals surface area contributed by atoms with Gasteiger partial charge in [-0.1, -0.05) is 6.07 Å². The van der Waals surface area contributed by atoms with Gasteiger partial charge in [-0.2, -0.15) is 0 Å². The molecule has 5 fully saturated rings. The number of hydrogen-bond donors (Lipinski definition) is 0. The number of carbonyl (C=O) groups excluding carboxylic acids is 1. The van der Waals surface area contributed by atoms with Crippen molar-refractivity contribution in [1.82, 2.24) is 19.8 Å². The Morgan fingerprint density at radius 3 is 2.81 bits per heavy atom. The summed E-state index contributed by atoms with van der Waals surface area (Å²) in [4.78, 5) is 27.1. The molecule has 2 spiro atoms. The number of carbonyl (C=O) groups is 1. The number of rotatable bonds is 5. The molecular weight excluding hydrogens is 452 g/mol. The van der Waals surface area contributed by atoms with E-state index in [1.54, 1.807) is 19.5 Å². The largest absolute Gasteiger partial charge is 0.493 e. The summed E-state index contributed by atoms with van der Waals surface area (Å²) in [6, 6.07) is 5.04. The van der Waals surface area contributed by atoms with Crippen LogP contribution in [0, 0.1) is 11.3 Å². The van der Waals surface area contributed by atoms with E-state index in [1.165, 1.54) is 43.3 Å². The lowest BCUT2D eigenvalue weighted by Gasteiger charge is -2.66. The molecule has 5 atom stereocenters. The number of nitrogens with zero attached hydrogens (tertiary/aromatic N) is 4. The molecule has 36 heavy (non-hydrogen) atoms. The van der Waals surface area contributed by atoms with Gasteiger partial charge in [0, 0.05) is 47.9 Å². The highest BCUT2D eigenvalue weighted by Gasteiger charge is 2.74. The average molecular weight is 487 g/mol. The number of piperidine rings is 1. The Morgan fingerprint density at radius 2 is 2.00 bits per heavy atom. The smallest absolute Gasteiger partial charge is 0.227 e. The van der Waals surface area contributed by atoms with E-state index < -0.39 is 0 Å². The lowest BCUT2D eigenvalue weighted by atomic mass is 9.42. The van der Waals surface area contributed by atoms with E-state index in [0.717, 1.165) is 61.8 Å². The number of benzene rings is 1. The highest BCUT2D eigenvalue weighted by Crippen LogP contribution is 2.71. The summed E-state index contributed by atoms with van der Waals surface area (Å²) in [6.07, 6.45) is 13.6. The summed E-state index contributed by atoms with van der Waals surface area (Å²) in [6.45, 7) is 3.20. The van der Waals surface area contributed by atoms with Gasteiger partial charge in [-0.25, -0.2) is 9.97 Å². The van der Waals surface area contributed by atoms with Crippen molar-refractivity contribution in [1.29, 1.82) is 0 Å². The van der Waals surface area contributed by atoms with Crippen molar-refractivity contribution >= 4 is 5.91 Å². The summed E-state index contributed by atoms with van der Waals surface area (Å²) in [7, 11) is 1.75. The molecule has 1 aromatic heterocycles. The first-order chi connectivity index (χ1) is 17.6. The minimum atomic E-state index is -0.0248. The average Bonchev–Trinajstić information content (AvgIpc) is 3.69. The zero-order valence-electron chi connectivity index (χ0n) is 21.0. The topological polar surface area (TPSA) is 67.8 Å². The van der Waals surface area contributed by atoms with Crippen molar-refractivity contribution in [2.75, 3.05) is 26.7 Å². The van der Waals surface area contributed by atoms with Crippen molar-refractivity contribution in [3.05, 3.63) is 47.5 Å². The Hall–Kier alpha value is -2.67. The number of hydrogen-bond acceptors (Lipinski definition) is 6. The SMILES string of the molecule is COc1ccc2c3c1O[C@H]1[C@H]4CC[C@@]5(CCN4C(=O)Cc4cncnc4)[C@@H](C2)N(CC2CC2)CC[C@]315. The zero-order chi connectivity index (χ0) is 24.1. The minimum Gasteiger partial charge on any atom is -0.493 e. The maximum absolute atomic E-state index is 13.8. The van der Waals surface area contributed by atoms with Crippen LogP contribution in [-0.4, -0.2) is 70.6 Å². The zero-order valence-corrected chi connectivity index (χ0v) is 21.0. The summed E-state index contributed by atoms with van der Waals surface area (Å²) in [5.74, 6) is 2.88. The third-order valence-electron chi connectivity index (χ3n) is 10.7. The normalized spacial score (nSPS) is 35.7. The van der Waals surface area contributed by atoms with Gasteiger partial charge < -0.3 is 14.4 Å². The molecule has 4 aliphatic heterocycles. The molecule has 0 radical (unpaired) electrons. The monoisotopic (exact) mass is 486 g/mol. The second kappa shape index (κ2) is 7.44. The number of fused-ring (bicyclic) bond motifs is 3. The van der Waals surface area contributed by atoms with Gasteiger partial charge in [0.2, 0.25) is 5.91 Å². The highest BCUT2D eigenvalue weighted by molar-refractivity contribution is 5.79. The Balaban J connectivity index is 1.25. The number of likely N-dealkylation sites (tertiary alicyclic amines) is 1. The fraction of sp³-hybridized carbons (Fsp3) is 0.621. The van der Waals surface area contributed by atoms with Crippen LogP contribution in [0.25, 0.3) is 0 Å². The molecule has 7 aliphatic rings. The van der Waals surface area contributed by atoms with Gasteiger partial charge in [0.1, 0.15) is 12.4 Å². The maximum atomic E-state index is 13.8. The van der Waals surface area contributed by atoms with E-state index in [-0.39, 0.29) is 28.9 Å². The van der Waals surface area contributed by atoms with Crippen LogP contribution in [0.1, 0.15) is 55.2 Å². The second-order valence-corrected chi connectivity index (χ2v) is 12.1. The standard InChI is InChI=1S/C29H34N4O3/c1-35-22-5-4-20-13-23-28-7-6-21(33(11-8-28)24(34)12-19-14-30-17-31-15-19)27-29(28,25(20)26(22)36-27)9-10-32(23)16-18-2-3-18/h4-5,14-15,17-18,21,23,27H,2-3,6-13,16H2,1H3/t21-,23-,27+,28-,29+/m1/s1. The Labute approximate surface area is 212 Å². The second-order valence-electron chi connectivity index (χ2n) is 12.1. The van der Waals surface area contributed by atoms with E-state index in [0.29, 0.717) is 12.5 Å².